The normalized spacial score (nSPS) is 20.4. The van der Waals surface area contributed by atoms with Crippen molar-refractivity contribution in [1.82, 2.24) is 4.90 Å². The zero-order chi connectivity index (χ0) is 15.3. The average molecular weight is 277 g/mol. The third kappa shape index (κ3) is 1.75. The second kappa shape index (κ2) is 4.19. The molecule has 0 saturated carbocycles. The van der Waals surface area contributed by atoms with Gasteiger partial charge in [-0.1, -0.05) is 0 Å². The van der Waals surface area contributed by atoms with E-state index in [1.165, 1.54) is 12.1 Å². The lowest BCUT2D eigenvalue weighted by Crippen LogP contribution is -2.53. The smallest absolute Gasteiger partial charge is 0.283 e. The summed E-state index contributed by atoms with van der Waals surface area (Å²) >= 11 is 0. The maximum absolute atomic E-state index is 12.6. The third-order valence-corrected chi connectivity index (χ3v) is 4.69. The van der Waals surface area contributed by atoms with Gasteiger partial charge in [-0.15, -0.1) is 0 Å². The summed E-state index contributed by atoms with van der Waals surface area (Å²) < 4.78 is 0.994. The highest BCUT2D eigenvalue weighted by Gasteiger charge is 2.56. The van der Waals surface area contributed by atoms with E-state index in [9.17, 15) is 15.3 Å². The van der Waals surface area contributed by atoms with Gasteiger partial charge in [0.25, 0.3) is 11.5 Å². The monoisotopic (exact) mass is 277 g/mol. The van der Waals surface area contributed by atoms with Crippen molar-refractivity contribution in [2.75, 3.05) is 7.05 Å². The largest absolute Gasteiger partial charge is 0.715 e. The van der Waals surface area contributed by atoms with Crippen LogP contribution in [-0.4, -0.2) is 38.5 Å². The number of amidine groups is 1. The summed E-state index contributed by atoms with van der Waals surface area (Å²) in [4.78, 5) is 12.2. The summed E-state index contributed by atoms with van der Waals surface area (Å²) in [6.45, 7) is 7.82. The molecule has 0 aliphatic carbocycles. The summed E-state index contributed by atoms with van der Waals surface area (Å²) in [5, 5.41) is 23.3. The Morgan fingerprint density at radius 1 is 1.15 bits per heavy atom. The SMILES string of the molecule is CN1C(c2ccc([N+](=O)[O-])cc2)=[N+]([O-])C(C)(C)C1(C)C. The third-order valence-electron chi connectivity index (χ3n) is 4.69. The molecule has 0 saturated heterocycles. The predicted octanol–water partition coefficient (Wildman–Crippen LogP) is 2.35. The van der Waals surface area contributed by atoms with Crippen LogP contribution in [0.4, 0.5) is 5.69 Å². The molecule has 0 amide bonds. The first-order valence-corrected chi connectivity index (χ1v) is 6.43. The van der Waals surface area contributed by atoms with Crippen molar-refractivity contribution in [1.29, 1.82) is 0 Å². The van der Waals surface area contributed by atoms with E-state index in [4.69, 9.17) is 0 Å². The topological polar surface area (TPSA) is 72.4 Å². The molecule has 0 spiro atoms. The molecule has 1 aromatic carbocycles. The highest BCUT2D eigenvalue weighted by Crippen LogP contribution is 2.37. The number of rotatable bonds is 2. The molecule has 1 aromatic rings. The first kappa shape index (κ1) is 14.3. The van der Waals surface area contributed by atoms with Gasteiger partial charge in [-0.3, -0.25) is 19.8 Å². The lowest BCUT2D eigenvalue weighted by atomic mass is 9.83. The second-order valence-corrected chi connectivity index (χ2v) is 6.10. The summed E-state index contributed by atoms with van der Waals surface area (Å²) in [6, 6.07) is 6.07. The average Bonchev–Trinajstić information content (AvgIpc) is 2.49. The van der Waals surface area contributed by atoms with Crippen molar-refractivity contribution in [2.24, 2.45) is 0 Å². The van der Waals surface area contributed by atoms with Crippen molar-refractivity contribution in [3.05, 3.63) is 45.2 Å². The lowest BCUT2D eigenvalue weighted by Gasteiger charge is -2.35. The van der Waals surface area contributed by atoms with Gasteiger partial charge in [-0.25, -0.2) is 0 Å². The Morgan fingerprint density at radius 3 is 2.00 bits per heavy atom. The number of benzene rings is 1. The Morgan fingerprint density at radius 2 is 1.65 bits per heavy atom. The summed E-state index contributed by atoms with van der Waals surface area (Å²) in [7, 11) is 1.87. The fourth-order valence-electron chi connectivity index (χ4n) is 2.37. The number of likely N-dealkylation sites (N-methyl/N-ethyl adjacent to an activating group) is 1. The molecule has 1 heterocycles. The summed E-state index contributed by atoms with van der Waals surface area (Å²) in [6.07, 6.45) is 0. The second-order valence-electron chi connectivity index (χ2n) is 6.10. The van der Waals surface area contributed by atoms with Crippen LogP contribution in [0.2, 0.25) is 0 Å². The van der Waals surface area contributed by atoms with Crippen molar-refractivity contribution in [3.63, 3.8) is 0 Å². The van der Waals surface area contributed by atoms with Gasteiger partial charge >= 0.3 is 0 Å². The molecule has 0 unspecified atom stereocenters. The van der Waals surface area contributed by atoms with Crippen LogP contribution in [0.15, 0.2) is 24.3 Å². The van der Waals surface area contributed by atoms with Gasteiger partial charge in [0.05, 0.1) is 17.5 Å². The van der Waals surface area contributed by atoms with E-state index in [1.807, 2.05) is 39.6 Å². The molecule has 0 aromatic heterocycles. The minimum atomic E-state index is -0.584. The van der Waals surface area contributed by atoms with E-state index < -0.39 is 10.5 Å². The predicted molar refractivity (Wildman–Crippen MR) is 76.8 cm³/mol. The van der Waals surface area contributed by atoms with Crippen molar-refractivity contribution >= 4 is 11.5 Å². The van der Waals surface area contributed by atoms with Crippen molar-refractivity contribution in [3.8, 4) is 0 Å². The molecule has 6 nitrogen and oxygen atoms in total. The molecular formula is C14H19N3O3. The maximum atomic E-state index is 12.6. The van der Waals surface area contributed by atoms with Crippen LogP contribution in [0.1, 0.15) is 33.3 Å². The number of hydrogen-bond donors (Lipinski definition) is 0. The van der Waals surface area contributed by atoms with Gasteiger partial charge in [0.1, 0.15) is 11.1 Å². The number of non-ortho nitro benzene ring substituents is 1. The van der Waals surface area contributed by atoms with Crippen LogP contribution in [-0.2, 0) is 0 Å². The minimum absolute atomic E-state index is 0.0194. The van der Waals surface area contributed by atoms with Gasteiger partial charge < -0.3 is 5.21 Å². The zero-order valence-corrected chi connectivity index (χ0v) is 12.4. The summed E-state index contributed by atoms with van der Waals surface area (Å²) in [5.41, 5.74) is -0.220. The summed E-state index contributed by atoms with van der Waals surface area (Å²) in [5.74, 6) is 0.537. The molecule has 0 N–H and O–H groups in total. The standard InChI is InChI=1S/C14H19N3O3/c1-13(2)14(3,4)16(18)12(15(13)5)10-6-8-11(9-7-10)17(19)20/h6-9H,1-5H3. The van der Waals surface area contributed by atoms with Gasteiger partial charge in [0.2, 0.25) is 0 Å². The van der Waals surface area contributed by atoms with E-state index in [0.29, 0.717) is 11.4 Å². The van der Waals surface area contributed by atoms with Crippen LogP contribution in [0.3, 0.4) is 0 Å². The maximum Gasteiger partial charge on any atom is 0.283 e. The van der Waals surface area contributed by atoms with E-state index in [-0.39, 0.29) is 11.2 Å². The Bertz CT molecular complexity index is 588. The van der Waals surface area contributed by atoms with Crippen molar-refractivity contribution in [2.45, 2.75) is 38.8 Å². The van der Waals surface area contributed by atoms with Crippen LogP contribution >= 0.6 is 0 Å². The number of nitro benzene ring substituents is 1. The lowest BCUT2D eigenvalue weighted by molar-refractivity contribution is -0.539. The number of hydroxylamine groups is 1. The van der Waals surface area contributed by atoms with Crippen LogP contribution in [0, 0.1) is 15.3 Å². The molecule has 6 heteroatoms. The Kier molecular flexibility index (Phi) is 3.00. The number of nitro groups is 1. The fourth-order valence-corrected chi connectivity index (χ4v) is 2.37. The molecule has 2 rings (SSSR count). The molecule has 0 fully saturated rings. The zero-order valence-electron chi connectivity index (χ0n) is 12.4. The highest BCUT2D eigenvalue weighted by molar-refractivity contribution is 5.96. The molecule has 108 valence electrons. The van der Waals surface area contributed by atoms with Crippen LogP contribution in [0.25, 0.3) is 0 Å². The quantitative estimate of drug-likeness (QED) is 0.360. The molecule has 20 heavy (non-hydrogen) atoms. The Hall–Kier alpha value is -2.11. The van der Waals surface area contributed by atoms with E-state index in [1.54, 1.807) is 12.1 Å². The van der Waals surface area contributed by atoms with E-state index in [0.717, 1.165) is 4.74 Å². The first-order chi connectivity index (χ1) is 9.10. The molecule has 1 aliphatic rings. The van der Waals surface area contributed by atoms with E-state index >= 15 is 0 Å². The van der Waals surface area contributed by atoms with E-state index in [2.05, 4.69) is 0 Å². The van der Waals surface area contributed by atoms with Crippen LogP contribution < -0.4 is 0 Å². The molecular weight excluding hydrogens is 258 g/mol. The number of hydrogen-bond acceptors (Lipinski definition) is 4. The Balaban J connectivity index is 2.52. The van der Waals surface area contributed by atoms with Gasteiger partial charge in [-0.2, -0.15) is 0 Å². The Labute approximate surface area is 118 Å². The first-order valence-electron chi connectivity index (χ1n) is 6.43. The number of nitrogens with zero attached hydrogens (tertiary/aromatic N) is 3. The molecule has 0 atom stereocenters. The van der Waals surface area contributed by atoms with Crippen LogP contribution in [0.5, 0.6) is 0 Å². The highest BCUT2D eigenvalue weighted by atomic mass is 16.6. The molecule has 1 aliphatic heterocycles. The van der Waals surface area contributed by atoms with Gasteiger partial charge in [0.15, 0.2) is 0 Å². The fraction of sp³-hybridized carbons (Fsp3) is 0.500. The minimum Gasteiger partial charge on any atom is -0.715 e. The van der Waals surface area contributed by atoms with Gasteiger partial charge in [0, 0.05) is 12.1 Å². The molecule has 0 radical (unpaired) electrons. The van der Waals surface area contributed by atoms with Crippen molar-refractivity contribution < 1.29 is 9.66 Å². The molecule has 0 bridgehead atoms. The van der Waals surface area contributed by atoms with Gasteiger partial charge in [-0.05, 0) is 39.8 Å².